The number of carbonyl (C=O) groups is 2. The number of carboxylic acid groups (broad SMARTS) is 1. The number of aliphatic carboxylic acids is 1. The lowest BCUT2D eigenvalue weighted by Crippen LogP contribution is -2.48. The van der Waals surface area contributed by atoms with Crippen molar-refractivity contribution in [1.29, 1.82) is 0 Å². The number of likely N-dealkylation sites (tertiary alicyclic amines) is 1. The zero-order valence-corrected chi connectivity index (χ0v) is 11.2. The normalized spacial score (nSPS) is 18.9. The Morgan fingerprint density at radius 1 is 1.35 bits per heavy atom. The smallest absolute Gasteiger partial charge is 0.326 e. The molecular formula is C15H18FNO3. The van der Waals surface area contributed by atoms with Gasteiger partial charge >= 0.3 is 5.97 Å². The molecule has 0 aromatic heterocycles. The van der Waals surface area contributed by atoms with Gasteiger partial charge in [-0.05, 0) is 43.4 Å². The molecule has 1 amide bonds. The third-order valence-corrected chi connectivity index (χ3v) is 3.62. The SMILES string of the molecule is O=C(O)[C@@H]1CCCCN1C(=O)CCc1cccc(F)c1. The van der Waals surface area contributed by atoms with Gasteiger partial charge in [0.25, 0.3) is 0 Å². The van der Waals surface area contributed by atoms with Crippen molar-refractivity contribution >= 4 is 11.9 Å². The van der Waals surface area contributed by atoms with Crippen LogP contribution in [-0.2, 0) is 16.0 Å². The summed E-state index contributed by atoms with van der Waals surface area (Å²) in [6.45, 7) is 0.499. The van der Waals surface area contributed by atoms with Gasteiger partial charge in [0.15, 0.2) is 0 Å². The number of aryl methyl sites for hydroxylation is 1. The summed E-state index contributed by atoms with van der Waals surface area (Å²) in [6.07, 6.45) is 2.84. The van der Waals surface area contributed by atoms with Gasteiger partial charge in [0.05, 0.1) is 0 Å². The van der Waals surface area contributed by atoms with Gasteiger partial charge in [-0.1, -0.05) is 12.1 Å². The molecule has 4 nitrogen and oxygen atoms in total. The lowest BCUT2D eigenvalue weighted by molar-refractivity contribution is -0.152. The minimum atomic E-state index is -0.941. The van der Waals surface area contributed by atoms with Gasteiger partial charge in [-0.2, -0.15) is 0 Å². The molecule has 0 radical (unpaired) electrons. The Balaban J connectivity index is 1.95. The Labute approximate surface area is 117 Å². The molecule has 1 atom stereocenters. The molecule has 0 spiro atoms. The fourth-order valence-electron chi connectivity index (χ4n) is 2.57. The van der Waals surface area contributed by atoms with E-state index in [2.05, 4.69) is 0 Å². The van der Waals surface area contributed by atoms with Crippen molar-refractivity contribution < 1.29 is 19.1 Å². The Bertz CT molecular complexity index is 504. The van der Waals surface area contributed by atoms with E-state index >= 15 is 0 Å². The van der Waals surface area contributed by atoms with Crippen molar-refractivity contribution in [2.75, 3.05) is 6.54 Å². The van der Waals surface area contributed by atoms with Crippen LogP contribution in [0, 0.1) is 5.82 Å². The first-order chi connectivity index (χ1) is 9.58. The standard InChI is InChI=1S/C15H18FNO3/c16-12-5-3-4-11(10-12)7-8-14(18)17-9-2-1-6-13(17)15(19)20/h3-5,10,13H,1-2,6-9H2,(H,19,20)/t13-/m0/s1. The van der Waals surface area contributed by atoms with E-state index in [-0.39, 0.29) is 18.1 Å². The summed E-state index contributed by atoms with van der Waals surface area (Å²) >= 11 is 0. The molecule has 2 rings (SSSR count). The van der Waals surface area contributed by atoms with Crippen molar-refractivity contribution in [2.45, 2.75) is 38.1 Å². The third-order valence-electron chi connectivity index (χ3n) is 3.62. The molecule has 1 fully saturated rings. The minimum absolute atomic E-state index is 0.165. The van der Waals surface area contributed by atoms with Crippen molar-refractivity contribution in [1.82, 2.24) is 4.90 Å². The van der Waals surface area contributed by atoms with Crippen LogP contribution >= 0.6 is 0 Å². The molecule has 5 heteroatoms. The van der Waals surface area contributed by atoms with Crippen LogP contribution in [0.4, 0.5) is 4.39 Å². The van der Waals surface area contributed by atoms with E-state index in [1.807, 2.05) is 0 Å². The Hall–Kier alpha value is -1.91. The highest BCUT2D eigenvalue weighted by Gasteiger charge is 2.31. The summed E-state index contributed by atoms with van der Waals surface area (Å²) in [5, 5.41) is 9.14. The fourth-order valence-corrected chi connectivity index (χ4v) is 2.57. The van der Waals surface area contributed by atoms with E-state index in [4.69, 9.17) is 5.11 Å². The average molecular weight is 279 g/mol. The predicted molar refractivity (Wildman–Crippen MR) is 71.7 cm³/mol. The number of hydrogen-bond donors (Lipinski definition) is 1. The Morgan fingerprint density at radius 3 is 2.85 bits per heavy atom. The second kappa shape index (κ2) is 6.50. The number of nitrogens with zero attached hydrogens (tertiary/aromatic N) is 1. The molecule has 1 heterocycles. The monoisotopic (exact) mass is 279 g/mol. The van der Waals surface area contributed by atoms with E-state index in [9.17, 15) is 14.0 Å². The summed E-state index contributed by atoms with van der Waals surface area (Å²) in [7, 11) is 0. The fraction of sp³-hybridized carbons (Fsp3) is 0.467. The maximum atomic E-state index is 13.0. The van der Waals surface area contributed by atoms with Gasteiger partial charge in [0.1, 0.15) is 11.9 Å². The van der Waals surface area contributed by atoms with Gasteiger partial charge in [0, 0.05) is 13.0 Å². The van der Waals surface area contributed by atoms with Crippen molar-refractivity contribution in [3.8, 4) is 0 Å². The largest absolute Gasteiger partial charge is 0.480 e. The number of carbonyl (C=O) groups excluding carboxylic acids is 1. The van der Waals surface area contributed by atoms with Crippen LogP contribution in [0.25, 0.3) is 0 Å². The number of piperidine rings is 1. The van der Waals surface area contributed by atoms with E-state index in [0.29, 0.717) is 19.4 Å². The quantitative estimate of drug-likeness (QED) is 0.919. The van der Waals surface area contributed by atoms with Gasteiger partial charge in [0.2, 0.25) is 5.91 Å². The minimum Gasteiger partial charge on any atom is -0.480 e. The van der Waals surface area contributed by atoms with Crippen molar-refractivity contribution in [2.24, 2.45) is 0 Å². The second-order valence-corrected chi connectivity index (χ2v) is 5.07. The maximum absolute atomic E-state index is 13.0. The highest BCUT2D eigenvalue weighted by Crippen LogP contribution is 2.19. The molecule has 0 saturated carbocycles. The first kappa shape index (κ1) is 14.5. The highest BCUT2D eigenvalue weighted by atomic mass is 19.1. The van der Waals surface area contributed by atoms with Crippen LogP contribution in [-0.4, -0.2) is 34.5 Å². The van der Waals surface area contributed by atoms with Crippen molar-refractivity contribution in [3.05, 3.63) is 35.6 Å². The molecule has 0 bridgehead atoms. The first-order valence-corrected chi connectivity index (χ1v) is 6.84. The van der Waals surface area contributed by atoms with E-state index in [1.165, 1.54) is 17.0 Å². The molecular weight excluding hydrogens is 261 g/mol. The molecule has 1 aliphatic heterocycles. The number of rotatable bonds is 4. The van der Waals surface area contributed by atoms with Gasteiger partial charge < -0.3 is 10.0 Å². The number of carboxylic acids is 1. The first-order valence-electron chi connectivity index (χ1n) is 6.84. The van der Waals surface area contributed by atoms with E-state index < -0.39 is 12.0 Å². The average Bonchev–Trinajstić information content (AvgIpc) is 2.45. The van der Waals surface area contributed by atoms with Gasteiger partial charge in [-0.15, -0.1) is 0 Å². The van der Waals surface area contributed by atoms with Crippen LogP contribution in [0.5, 0.6) is 0 Å². The number of amides is 1. The lowest BCUT2D eigenvalue weighted by atomic mass is 10.0. The molecule has 0 aliphatic carbocycles. The predicted octanol–water partition coefficient (Wildman–Crippen LogP) is 2.22. The summed E-state index contributed by atoms with van der Waals surface area (Å²) in [4.78, 5) is 24.7. The summed E-state index contributed by atoms with van der Waals surface area (Å²) in [5.74, 6) is -1.43. The van der Waals surface area contributed by atoms with E-state index in [0.717, 1.165) is 18.4 Å². The van der Waals surface area contributed by atoms with Gasteiger partial charge in [-0.25, -0.2) is 9.18 Å². The Morgan fingerprint density at radius 2 is 2.15 bits per heavy atom. The van der Waals surface area contributed by atoms with Crippen molar-refractivity contribution in [3.63, 3.8) is 0 Å². The summed E-state index contributed by atoms with van der Waals surface area (Å²) in [5.41, 5.74) is 0.752. The molecule has 108 valence electrons. The number of hydrogen-bond acceptors (Lipinski definition) is 2. The van der Waals surface area contributed by atoms with Crippen LogP contribution in [0.15, 0.2) is 24.3 Å². The number of halogens is 1. The second-order valence-electron chi connectivity index (χ2n) is 5.07. The van der Waals surface area contributed by atoms with Crippen LogP contribution in [0.2, 0.25) is 0 Å². The molecule has 1 aliphatic rings. The highest BCUT2D eigenvalue weighted by molar-refractivity contribution is 5.84. The molecule has 1 aromatic rings. The summed E-state index contributed by atoms with van der Waals surface area (Å²) < 4.78 is 13.0. The lowest BCUT2D eigenvalue weighted by Gasteiger charge is -2.33. The Kier molecular flexibility index (Phi) is 4.71. The molecule has 20 heavy (non-hydrogen) atoms. The third kappa shape index (κ3) is 3.56. The van der Waals surface area contributed by atoms with Crippen LogP contribution < -0.4 is 0 Å². The zero-order valence-electron chi connectivity index (χ0n) is 11.2. The topological polar surface area (TPSA) is 57.6 Å². The zero-order chi connectivity index (χ0) is 14.5. The number of benzene rings is 1. The molecule has 0 unspecified atom stereocenters. The summed E-state index contributed by atoms with van der Waals surface area (Å²) in [6, 6.07) is 5.43. The van der Waals surface area contributed by atoms with E-state index in [1.54, 1.807) is 12.1 Å². The van der Waals surface area contributed by atoms with Gasteiger partial charge in [-0.3, -0.25) is 4.79 Å². The molecule has 1 aromatic carbocycles. The van der Waals surface area contributed by atoms with Crippen LogP contribution in [0.3, 0.4) is 0 Å². The van der Waals surface area contributed by atoms with Crippen LogP contribution in [0.1, 0.15) is 31.2 Å². The molecule has 1 saturated heterocycles. The maximum Gasteiger partial charge on any atom is 0.326 e. The molecule has 1 N–H and O–H groups in total.